The van der Waals surface area contributed by atoms with Gasteiger partial charge in [-0.25, -0.2) is 9.79 Å². The van der Waals surface area contributed by atoms with Gasteiger partial charge < -0.3 is 15.5 Å². The predicted octanol–water partition coefficient (Wildman–Crippen LogP) is 3.74. The smallest absolute Gasteiger partial charge is 0.318 e. The van der Waals surface area contributed by atoms with Crippen molar-refractivity contribution in [3.05, 3.63) is 66.6 Å². The van der Waals surface area contributed by atoms with Crippen LogP contribution in [0.1, 0.15) is 5.56 Å². The molecule has 4 heterocycles. The van der Waals surface area contributed by atoms with Crippen LogP contribution < -0.4 is 10.6 Å². The third-order valence-electron chi connectivity index (χ3n) is 6.28. The summed E-state index contributed by atoms with van der Waals surface area (Å²) in [6.45, 7) is 11.7. The van der Waals surface area contributed by atoms with E-state index in [0.29, 0.717) is 13.1 Å². The van der Waals surface area contributed by atoms with Gasteiger partial charge in [-0.1, -0.05) is 36.0 Å². The van der Waals surface area contributed by atoms with Crippen molar-refractivity contribution in [3.8, 4) is 0 Å². The summed E-state index contributed by atoms with van der Waals surface area (Å²) in [5.74, 6) is 0. The minimum Gasteiger partial charge on any atom is -0.336 e. The molecule has 0 bridgehead atoms. The molecule has 1 aromatic carbocycles. The van der Waals surface area contributed by atoms with Crippen molar-refractivity contribution in [2.75, 3.05) is 32.7 Å². The number of piperazine rings is 1. The monoisotopic (exact) mass is 465 g/mol. The summed E-state index contributed by atoms with van der Waals surface area (Å²) in [6.07, 6.45) is 3.78. The molecular formula is C24H27N5OS2. The van der Waals surface area contributed by atoms with Crippen LogP contribution in [0.15, 0.2) is 75.1 Å². The first-order valence-corrected chi connectivity index (χ1v) is 12.6. The maximum Gasteiger partial charge on any atom is 0.318 e. The zero-order valence-corrected chi connectivity index (χ0v) is 19.5. The lowest BCUT2D eigenvalue weighted by Gasteiger charge is -2.44. The number of thiophene rings is 1. The van der Waals surface area contributed by atoms with Gasteiger partial charge in [0, 0.05) is 43.2 Å². The molecule has 32 heavy (non-hydrogen) atoms. The van der Waals surface area contributed by atoms with Crippen molar-refractivity contribution in [2.24, 2.45) is 4.99 Å². The molecule has 0 radical (unpaired) electrons. The van der Waals surface area contributed by atoms with Gasteiger partial charge in [-0.3, -0.25) is 4.90 Å². The molecular weight excluding hydrogens is 438 g/mol. The lowest BCUT2D eigenvalue weighted by Crippen LogP contribution is -2.62. The highest BCUT2D eigenvalue weighted by atomic mass is 32.2. The summed E-state index contributed by atoms with van der Waals surface area (Å²) in [7, 11) is 0. The normalized spacial score (nSPS) is 24.1. The number of nitrogens with zero attached hydrogens (tertiary/aromatic N) is 3. The van der Waals surface area contributed by atoms with E-state index < -0.39 is 0 Å². The number of hydrogen-bond donors (Lipinski definition) is 2. The highest BCUT2D eigenvalue weighted by molar-refractivity contribution is 8.01. The number of urea groups is 1. The molecule has 1 aromatic heterocycles. The van der Waals surface area contributed by atoms with Crippen molar-refractivity contribution in [1.82, 2.24) is 20.4 Å². The number of carbonyl (C=O) groups is 1. The fraction of sp³-hybridized carbons (Fsp3) is 0.333. The summed E-state index contributed by atoms with van der Waals surface area (Å²) in [4.78, 5) is 23.2. The molecule has 3 unspecified atom stereocenters. The number of aliphatic imine (C=N–C) groups is 1. The second-order valence-electron chi connectivity index (χ2n) is 8.07. The van der Waals surface area contributed by atoms with E-state index in [9.17, 15) is 4.79 Å². The van der Waals surface area contributed by atoms with E-state index in [2.05, 4.69) is 58.3 Å². The van der Waals surface area contributed by atoms with E-state index in [-0.39, 0.29) is 24.2 Å². The fourth-order valence-corrected chi connectivity index (χ4v) is 6.91. The summed E-state index contributed by atoms with van der Waals surface area (Å²) in [6, 6.07) is 10.6. The number of carbonyl (C=O) groups excluding carboxylic acids is 1. The molecule has 3 aliphatic heterocycles. The molecule has 166 valence electrons. The molecule has 3 atom stereocenters. The molecule has 3 aliphatic rings. The molecule has 8 heteroatoms. The quantitative estimate of drug-likeness (QED) is 0.638. The predicted molar refractivity (Wildman–Crippen MR) is 133 cm³/mol. The lowest BCUT2D eigenvalue weighted by atomic mass is 9.96. The van der Waals surface area contributed by atoms with Gasteiger partial charge in [0.25, 0.3) is 0 Å². The number of nitrogens with one attached hydrogen (secondary N) is 2. The molecule has 2 fully saturated rings. The molecule has 2 aromatic rings. The first-order valence-electron chi connectivity index (χ1n) is 10.9. The van der Waals surface area contributed by atoms with Gasteiger partial charge >= 0.3 is 6.03 Å². The van der Waals surface area contributed by atoms with E-state index in [1.807, 2.05) is 17.0 Å². The Kier molecular flexibility index (Phi) is 6.19. The molecule has 2 amide bonds. The maximum atomic E-state index is 12.4. The minimum absolute atomic E-state index is 0.00795. The Morgan fingerprint density at radius 1 is 1.25 bits per heavy atom. The van der Waals surface area contributed by atoms with Crippen molar-refractivity contribution < 1.29 is 4.79 Å². The van der Waals surface area contributed by atoms with Crippen molar-refractivity contribution in [2.45, 2.75) is 27.2 Å². The standard InChI is InChI=1S/C24H27N5OS2/c1-3-11-29-19(15-26-24(29)30)18(4-2)28-12-10-25-14-20(28)22-16-9-13-31-23(16)32-21-8-6-5-7-17(21)27-22/h3-9,13,18-20,25H,1-2,10-12,14-15H2,(H,26,30). The number of benzene rings is 1. The zero-order chi connectivity index (χ0) is 22.1. The molecule has 5 rings (SSSR count). The molecule has 0 spiro atoms. The average Bonchev–Trinajstić information content (AvgIpc) is 3.38. The minimum atomic E-state index is -0.0364. The number of para-hydroxylation sites is 1. The van der Waals surface area contributed by atoms with Gasteiger partial charge in [0.05, 0.1) is 33.7 Å². The Balaban J connectivity index is 1.55. The van der Waals surface area contributed by atoms with E-state index in [0.717, 1.165) is 31.0 Å². The van der Waals surface area contributed by atoms with E-state index in [1.54, 1.807) is 29.2 Å². The molecule has 2 saturated heterocycles. The number of rotatable bonds is 6. The second-order valence-corrected chi connectivity index (χ2v) is 10.3. The summed E-state index contributed by atoms with van der Waals surface area (Å²) >= 11 is 3.56. The number of amides is 2. The maximum absolute atomic E-state index is 12.4. The fourth-order valence-electron chi connectivity index (χ4n) is 4.80. The van der Waals surface area contributed by atoms with Gasteiger partial charge in [-0.15, -0.1) is 24.5 Å². The van der Waals surface area contributed by atoms with Crippen LogP contribution >= 0.6 is 23.1 Å². The Labute approximate surface area is 197 Å². The first-order chi connectivity index (χ1) is 15.7. The summed E-state index contributed by atoms with van der Waals surface area (Å²) in [5, 5.41) is 8.73. The molecule has 2 N–H and O–H groups in total. The van der Waals surface area contributed by atoms with Crippen molar-refractivity contribution in [1.29, 1.82) is 0 Å². The third kappa shape index (κ3) is 3.81. The topological polar surface area (TPSA) is 60.0 Å². The molecule has 6 nitrogen and oxygen atoms in total. The Bertz CT molecular complexity index is 1060. The van der Waals surface area contributed by atoms with E-state index >= 15 is 0 Å². The SMILES string of the molecule is C=CCN1C(=O)NCC1C(C=C)N1CCNCC1C1=Nc2ccccc2Sc2sccc21. The van der Waals surface area contributed by atoms with Crippen LogP contribution in [-0.2, 0) is 0 Å². The highest BCUT2D eigenvalue weighted by Crippen LogP contribution is 2.43. The van der Waals surface area contributed by atoms with Crippen LogP contribution in [0.3, 0.4) is 0 Å². The van der Waals surface area contributed by atoms with Crippen LogP contribution in [0.5, 0.6) is 0 Å². The summed E-state index contributed by atoms with van der Waals surface area (Å²) in [5.41, 5.74) is 3.31. The Hall–Kier alpha value is -2.39. The van der Waals surface area contributed by atoms with Crippen LogP contribution in [0.2, 0.25) is 0 Å². The second kappa shape index (κ2) is 9.23. The van der Waals surface area contributed by atoms with E-state index in [4.69, 9.17) is 4.99 Å². The van der Waals surface area contributed by atoms with Gasteiger partial charge in [0.2, 0.25) is 0 Å². The Morgan fingerprint density at radius 3 is 2.97 bits per heavy atom. The van der Waals surface area contributed by atoms with E-state index in [1.165, 1.54) is 14.7 Å². The molecule has 0 saturated carbocycles. The number of hydrogen-bond acceptors (Lipinski definition) is 6. The van der Waals surface area contributed by atoms with Crippen LogP contribution in [-0.4, -0.2) is 72.4 Å². The van der Waals surface area contributed by atoms with Gasteiger partial charge in [-0.05, 0) is 23.6 Å². The largest absolute Gasteiger partial charge is 0.336 e. The average molecular weight is 466 g/mol. The first kappa shape index (κ1) is 21.5. The highest BCUT2D eigenvalue weighted by Gasteiger charge is 2.42. The van der Waals surface area contributed by atoms with Gasteiger partial charge in [-0.2, -0.15) is 0 Å². The van der Waals surface area contributed by atoms with Crippen molar-refractivity contribution >= 4 is 40.5 Å². The summed E-state index contributed by atoms with van der Waals surface area (Å²) < 4.78 is 1.28. The third-order valence-corrected chi connectivity index (χ3v) is 8.50. The lowest BCUT2D eigenvalue weighted by molar-refractivity contribution is 0.115. The van der Waals surface area contributed by atoms with Gasteiger partial charge in [0.15, 0.2) is 0 Å². The number of fused-ring (bicyclic) bond motifs is 2. The van der Waals surface area contributed by atoms with Gasteiger partial charge in [0.1, 0.15) is 0 Å². The zero-order valence-electron chi connectivity index (χ0n) is 17.9. The van der Waals surface area contributed by atoms with Crippen LogP contribution in [0, 0.1) is 0 Å². The van der Waals surface area contributed by atoms with Crippen molar-refractivity contribution in [3.63, 3.8) is 0 Å². The van der Waals surface area contributed by atoms with Crippen LogP contribution in [0.4, 0.5) is 10.5 Å². The molecule has 0 aliphatic carbocycles. The van der Waals surface area contributed by atoms with Crippen LogP contribution in [0.25, 0.3) is 0 Å². The Morgan fingerprint density at radius 2 is 2.12 bits per heavy atom.